The molecule has 22 heavy (non-hydrogen) atoms. The topological polar surface area (TPSA) is 26.3 Å². The summed E-state index contributed by atoms with van der Waals surface area (Å²) < 4.78 is 5.68. The van der Waals surface area contributed by atoms with Gasteiger partial charge in [-0.15, -0.1) is 0 Å². The quantitative estimate of drug-likeness (QED) is 0.767. The fourth-order valence-corrected chi connectivity index (χ4v) is 2.83. The van der Waals surface area contributed by atoms with Gasteiger partial charge in [-0.2, -0.15) is 0 Å². The average molecular weight is 296 g/mol. The second-order valence-corrected chi connectivity index (χ2v) is 6.18. The van der Waals surface area contributed by atoms with E-state index in [1.54, 1.807) is 7.11 Å². The Morgan fingerprint density at radius 2 is 1.59 bits per heavy atom. The van der Waals surface area contributed by atoms with Crippen LogP contribution in [0.1, 0.15) is 45.1 Å². The number of hydrogen-bond donors (Lipinski definition) is 0. The van der Waals surface area contributed by atoms with Gasteiger partial charge in [0.1, 0.15) is 0 Å². The molecule has 0 bridgehead atoms. The molecule has 2 heteroatoms. The fourth-order valence-electron chi connectivity index (χ4n) is 2.83. The van der Waals surface area contributed by atoms with Crippen molar-refractivity contribution in [3.05, 3.63) is 69.8 Å². The molecule has 2 nitrogen and oxygen atoms in total. The van der Waals surface area contributed by atoms with Crippen molar-refractivity contribution in [1.29, 1.82) is 0 Å². The van der Waals surface area contributed by atoms with Crippen LogP contribution in [0.2, 0.25) is 0 Å². The highest BCUT2D eigenvalue weighted by Gasteiger charge is 2.37. The number of Topliss-reactive ketones (excluding diaryl/α,β-unsaturated/α-hetero) is 1. The van der Waals surface area contributed by atoms with E-state index in [1.165, 1.54) is 11.1 Å². The summed E-state index contributed by atoms with van der Waals surface area (Å²) in [5.74, 6) is -0.00921. The van der Waals surface area contributed by atoms with Crippen molar-refractivity contribution in [2.24, 2.45) is 0 Å². The highest BCUT2D eigenvalue weighted by Crippen LogP contribution is 2.32. The van der Waals surface area contributed by atoms with Gasteiger partial charge < -0.3 is 4.74 Å². The summed E-state index contributed by atoms with van der Waals surface area (Å²) in [5.41, 5.74) is 5.18. The van der Waals surface area contributed by atoms with Gasteiger partial charge in [-0.3, -0.25) is 4.79 Å². The zero-order chi connectivity index (χ0) is 16.5. The molecule has 0 saturated carbocycles. The van der Waals surface area contributed by atoms with Crippen molar-refractivity contribution >= 4 is 5.78 Å². The van der Waals surface area contributed by atoms with Gasteiger partial charge in [-0.1, -0.05) is 35.9 Å². The van der Waals surface area contributed by atoms with E-state index in [4.69, 9.17) is 4.74 Å². The molecular formula is C20H24O2. The highest BCUT2D eigenvalue weighted by molar-refractivity contribution is 6.03. The van der Waals surface area contributed by atoms with Crippen molar-refractivity contribution in [3.8, 4) is 0 Å². The third kappa shape index (κ3) is 2.84. The maximum atomic E-state index is 13.1. The molecule has 2 rings (SSSR count). The Balaban J connectivity index is 2.53. The smallest absolute Gasteiger partial charge is 0.198 e. The molecule has 0 saturated heterocycles. The minimum Gasteiger partial charge on any atom is -0.366 e. The third-order valence-corrected chi connectivity index (χ3v) is 4.51. The second kappa shape index (κ2) is 6.05. The molecule has 1 unspecified atom stereocenters. The van der Waals surface area contributed by atoms with Crippen LogP contribution in [0.15, 0.2) is 36.4 Å². The van der Waals surface area contributed by atoms with E-state index in [-0.39, 0.29) is 5.78 Å². The lowest BCUT2D eigenvalue weighted by Crippen LogP contribution is -2.35. The van der Waals surface area contributed by atoms with E-state index in [0.29, 0.717) is 5.56 Å². The van der Waals surface area contributed by atoms with Crippen LogP contribution in [0, 0.1) is 27.7 Å². The molecule has 0 fully saturated rings. The van der Waals surface area contributed by atoms with Gasteiger partial charge in [0.15, 0.2) is 11.4 Å². The zero-order valence-electron chi connectivity index (χ0n) is 14.3. The van der Waals surface area contributed by atoms with Crippen LogP contribution in [0.25, 0.3) is 0 Å². The molecule has 2 aromatic rings. The summed E-state index contributed by atoms with van der Waals surface area (Å²) in [4.78, 5) is 13.1. The molecule has 0 aliphatic heterocycles. The number of benzene rings is 2. The number of carbonyl (C=O) groups is 1. The number of hydrogen-bond acceptors (Lipinski definition) is 2. The minimum atomic E-state index is -0.973. The molecule has 0 amide bonds. The predicted octanol–water partition coefficient (Wildman–Crippen LogP) is 4.66. The minimum absolute atomic E-state index is 0.00921. The van der Waals surface area contributed by atoms with Crippen molar-refractivity contribution in [2.45, 2.75) is 40.2 Å². The number of ether oxygens (including phenoxy) is 1. The van der Waals surface area contributed by atoms with Crippen LogP contribution in [0.5, 0.6) is 0 Å². The van der Waals surface area contributed by atoms with Gasteiger partial charge >= 0.3 is 0 Å². The molecule has 0 spiro atoms. The summed E-state index contributed by atoms with van der Waals surface area (Å²) in [5, 5.41) is 0. The maximum Gasteiger partial charge on any atom is 0.198 e. The molecule has 0 aliphatic rings. The number of methoxy groups -OCH3 is 1. The zero-order valence-corrected chi connectivity index (χ0v) is 14.3. The molecule has 0 aliphatic carbocycles. The van der Waals surface area contributed by atoms with Crippen molar-refractivity contribution in [1.82, 2.24) is 0 Å². The van der Waals surface area contributed by atoms with Gasteiger partial charge in [0.05, 0.1) is 0 Å². The molecule has 0 radical (unpaired) electrons. The fraction of sp³-hybridized carbons (Fsp3) is 0.350. The monoisotopic (exact) mass is 296 g/mol. The first-order valence-corrected chi connectivity index (χ1v) is 7.54. The average Bonchev–Trinajstić information content (AvgIpc) is 2.48. The highest BCUT2D eigenvalue weighted by atomic mass is 16.5. The van der Waals surface area contributed by atoms with Crippen LogP contribution < -0.4 is 0 Å². The second-order valence-electron chi connectivity index (χ2n) is 6.18. The Kier molecular flexibility index (Phi) is 4.52. The standard InChI is InChI=1S/C20H24O2/c1-13-7-10-18(16(4)11-13)20(5,22-6)19(21)17-9-8-14(2)15(3)12-17/h7-12H,1-6H3. The molecule has 116 valence electrons. The lowest BCUT2D eigenvalue weighted by atomic mass is 9.84. The SMILES string of the molecule is COC(C)(C(=O)c1ccc(C)c(C)c1)c1ccc(C)cc1C. The predicted molar refractivity (Wildman–Crippen MR) is 90.5 cm³/mol. The van der Waals surface area contributed by atoms with Crippen LogP contribution in [-0.2, 0) is 10.3 Å². The van der Waals surface area contributed by atoms with Crippen LogP contribution in [-0.4, -0.2) is 12.9 Å². The third-order valence-electron chi connectivity index (χ3n) is 4.51. The maximum absolute atomic E-state index is 13.1. The van der Waals surface area contributed by atoms with E-state index in [0.717, 1.165) is 16.7 Å². The summed E-state index contributed by atoms with van der Waals surface area (Å²) in [7, 11) is 1.60. The van der Waals surface area contributed by atoms with E-state index in [9.17, 15) is 4.79 Å². The molecule has 1 atom stereocenters. The molecule has 0 heterocycles. The van der Waals surface area contributed by atoms with Gasteiger partial charge in [-0.25, -0.2) is 0 Å². The number of rotatable bonds is 4. The Hall–Kier alpha value is -1.93. The Morgan fingerprint density at radius 3 is 2.14 bits per heavy atom. The summed E-state index contributed by atoms with van der Waals surface area (Å²) in [6.45, 7) is 9.98. The first kappa shape index (κ1) is 16.4. The summed E-state index contributed by atoms with van der Waals surface area (Å²) >= 11 is 0. The summed E-state index contributed by atoms with van der Waals surface area (Å²) in [6, 6.07) is 11.9. The molecule has 2 aromatic carbocycles. The Labute approximate surface area is 133 Å². The Morgan fingerprint density at radius 1 is 0.909 bits per heavy atom. The van der Waals surface area contributed by atoms with Gasteiger partial charge in [-0.05, 0) is 62.9 Å². The van der Waals surface area contributed by atoms with E-state index >= 15 is 0 Å². The lowest BCUT2D eigenvalue weighted by molar-refractivity contribution is 0.00979. The van der Waals surface area contributed by atoms with Gasteiger partial charge in [0.2, 0.25) is 0 Å². The molecular weight excluding hydrogens is 272 g/mol. The first-order chi connectivity index (χ1) is 10.3. The Bertz CT molecular complexity index is 716. The number of ketones is 1. The van der Waals surface area contributed by atoms with Gasteiger partial charge in [0, 0.05) is 12.7 Å². The number of aryl methyl sites for hydroxylation is 4. The van der Waals surface area contributed by atoms with Crippen LogP contribution in [0.3, 0.4) is 0 Å². The van der Waals surface area contributed by atoms with Crippen molar-refractivity contribution in [2.75, 3.05) is 7.11 Å². The largest absolute Gasteiger partial charge is 0.366 e. The van der Waals surface area contributed by atoms with Crippen LogP contribution in [0.4, 0.5) is 0 Å². The van der Waals surface area contributed by atoms with E-state index < -0.39 is 5.60 Å². The number of carbonyl (C=O) groups excluding carboxylic acids is 1. The van der Waals surface area contributed by atoms with Crippen molar-refractivity contribution in [3.63, 3.8) is 0 Å². The van der Waals surface area contributed by atoms with Crippen molar-refractivity contribution < 1.29 is 9.53 Å². The molecule has 0 N–H and O–H groups in total. The lowest BCUT2D eigenvalue weighted by Gasteiger charge is -2.29. The van der Waals surface area contributed by atoms with Gasteiger partial charge in [0.25, 0.3) is 0 Å². The normalized spacial score (nSPS) is 13.7. The van der Waals surface area contributed by atoms with E-state index in [1.807, 2.05) is 65.0 Å². The summed E-state index contributed by atoms with van der Waals surface area (Å²) in [6.07, 6.45) is 0. The first-order valence-electron chi connectivity index (χ1n) is 7.54. The van der Waals surface area contributed by atoms with Crippen LogP contribution >= 0.6 is 0 Å². The molecule has 0 aromatic heterocycles. The van der Waals surface area contributed by atoms with E-state index in [2.05, 4.69) is 6.07 Å².